The van der Waals surface area contributed by atoms with E-state index in [4.69, 9.17) is 40.6 Å². The second-order valence-electron chi connectivity index (χ2n) is 19.4. The molecule has 0 bridgehead atoms. The van der Waals surface area contributed by atoms with E-state index in [0.29, 0.717) is 34.3 Å². The average molecular weight is 1800 g/mol. The van der Waals surface area contributed by atoms with E-state index in [0.717, 1.165) is 75.8 Å². The summed E-state index contributed by atoms with van der Waals surface area (Å²) in [6.07, 6.45) is 0. The van der Waals surface area contributed by atoms with Gasteiger partial charge in [0.2, 0.25) is 0 Å². The average Bonchev–Trinajstić information content (AvgIpc) is 1.73. The third-order valence-electron chi connectivity index (χ3n) is 13.9. The molecule has 6 atom stereocenters. The summed E-state index contributed by atoms with van der Waals surface area (Å²) in [5.74, 6) is 9.52. The first-order valence-electron chi connectivity index (χ1n) is 25.3. The van der Waals surface area contributed by atoms with Gasteiger partial charge in [0.1, 0.15) is 11.1 Å². The van der Waals surface area contributed by atoms with E-state index < -0.39 is 0 Å². The maximum Gasteiger partial charge on any atom is 2.00 e. The van der Waals surface area contributed by atoms with E-state index in [-0.39, 0.29) is 195 Å². The zero-order chi connectivity index (χ0) is 56.7. The van der Waals surface area contributed by atoms with Crippen molar-refractivity contribution in [3.63, 3.8) is 0 Å². The van der Waals surface area contributed by atoms with Gasteiger partial charge in [-0.15, -0.1) is 0 Å². The van der Waals surface area contributed by atoms with E-state index in [1.807, 2.05) is 6.07 Å². The molecule has 0 aliphatic carbocycles. The van der Waals surface area contributed by atoms with Crippen molar-refractivity contribution in [2.24, 2.45) is 0 Å². The Balaban J connectivity index is -0.000000385. The smallest absolute Gasteiger partial charge is 0.514 e. The number of halogens is 1. The predicted octanol–water partition coefficient (Wildman–Crippen LogP) is 18.4. The van der Waals surface area contributed by atoms with Crippen LogP contribution in [0.4, 0.5) is 0 Å². The van der Waals surface area contributed by atoms with E-state index in [2.05, 4.69) is 228 Å². The number of imidazole rings is 2. The molecule has 13 rings (SSSR count). The Morgan fingerprint density at radius 2 is 0.753 bits per heavy atom. The number of hydrogen-bond acceptors (Lipinski definition) is 4. The summed E-state index contributed by atoms with van der Waals surface area (Å²) in [5.41, 5.74) is 13.4. The van der Waals surface area contributed by atoms with Crippen LogP contribution in [0.3, 0.4) is 0 Å². The van der Waals surface area contributed by atoms with Gasteiger partial charge in [0.15, 0.2) is 0 Å². The molecule has 6 radical (unpaired) electrons. The molecular weight excluding hydrogens is 1720 g/mol. The fraction of sp³-hybridized carbons (Fsp3) is 0.0857. The van der Waals surface area contributed by atoms with Crippen molar-refractivity contribution in [3.05, 3.63) is 257 Å². The Hall–Kier alpha value is -1.50. The molecule has 4 aromatic heterocycles. The molecule has 1 aliphatic rings. The second kappa shape index (κ2) is 46.0. The second-order valence-corrected chi connectivity index (χ2v) is 25.6. The third-order valence-corrected chi connectivity index (χ3v) is 17.3. The Morgan fingerprint density at radius 3 is 1.15 bits per heavy atom. The molecule has 0 spiro atoms. The summed E-state index contributed by atoms with van der Waals surface area (Å²) >= 11 is 3.48. The standard InChI is InChI=1S/C27H19N3P2.C20H22BNO2P.C13H9BrN2P.2C2H4P.6CH3.6V.W/c1-3-31-25-15-22-20-9-5-16(13-18(20)7-11-23(22)28-25)17-6-10-21-19(14-17)8-12-24-26(21)30-27(29-24)32-4-2;1-6-25-18-12-16-15-9-8-14(11-13(15)7-10-17(16)22-18)21-23-19(2,3)20(4,5)24-21;1-2-17-13-15-11-6-3-8-7-9(14)4-5-10(8)12(11)16-13;2*1-2-3;;;;;;;;;;;;;/h1-15,28,31-32H,(H,29,30);1,6-12,22,25H,2-5H3;1-7,17H,(H,15,16);2*1-2H,3H2;6*1H3;;;;;;;/q-2;10*-1;6*+2;. The van der Waals surface area contributed by atoms with Gasteiger partial charge in [-0.05, 0) is 137 Å². The maximum absolute atomic E-state index is 6.18. The fourth-order valence-corrected chi connectivity index (χ4v) is 12.3. The van der Waals surface area contributed by atoms with Gasteiger partial charge in [-0.25, -0.2) is 33.2 Å². The monoisotopic (exact) mass is 1800 g/mol. The summed E-state index contributed by atoms with van der Waals surface area (Å²) in [4.78, 5) is 22.9. The number of H-pyrrole nitrogens is 4. The van der Waals surface area contributed by atoms with E-state index >= 15 is 0 Å². The predicted molar refractivity (Wildman–Crippen MR) is 404 cm³/mol. The number of aromatic nitrogens is 6. The van der Waals surface area contributed by atoms with Gasteiger partial charge in [0.25, 0.3) is 0 Å². The van der Waals surface area contributed by atoms with Gasteiger partial charge in [-0.3, -0.25) is 11.6 Å². The first-order chi connectivity index (χ1) is 38.6. The summed E-state index contributed by atoms with van der Waals surface area (Å²) in [6, 6.07) is 47.3. The molecule has 93 heavy (non-hydrogen) atoms. The molecule has 474 valence electrons. The number of nitrogens with one attached hydrogen (secondary N) is 4. The van der Waals surface area contributed by atoms with E-state index in [1.165, 1.54) is 65.9 Å². The van der Waals surface area contributed by atoms with Gasteiger partial charge in [0.05, 0.1) is 33.3 Å². The van der Waals surface area contributed by atoms with E-state index in [9.17, 15) is 0 Å². The summed E-state index contributed by atoms with van der Waals surface area (Å²) in [6.45, 7) is 39.9. The van der Waals surface area contributed by atoms with Gasteiger partial charge in [-0.2, -0.15) is 18.5 Å². The molecule has 1 saturated heterocycles. The molecule has 5 heterocycles. The van der Waals surface area contributed by atoms with Crippen LogP contribution >= 0.6 is 68.7 Å². The molecule has 4 N–H and O–H groups in total. The summed E-state index contributed by atoms with van der Waals surface area (Å²) in [5, 5.41) is 12.0. The fourth-order valence-electron chi connectivity index (χ4n) is 9.60. The van der Waals surface area contributed by atoms with Crippen molar-refractivity contribution in [3.8, 4) is 11.1 Å². The minimum absolute atomic E-state index is 0. The van der Waals surface area contributed by atoms with Crippen molar-refractivity contribution in [1.82, 2.24) is 29.9 Å². The summed E-state index contributed by atoms with van der Waals surface area (Å²) < 4.78 is 13.4. The minimum Gasteiger partial charge on any atom is -0.514 e. The van der Waals surface area contributed by atoms with Gasteiger partial charge < -0.3 is 113 Å². The number of hydrogen-bond donors (Lipinski definition) is 4. The molecule has 8 nitrogen and oxygen atoms in total. The molecule has 0 amide bonds. The first kappa shape index (κ1) is 100. The molecule has 23 heteroatoms. The minimum atomic E-state index is -0.333. The number of nitrogens with zero attached hydrogens (tertiary/aromatic N) is 2. The van der Waals surface area contributed by atoms with Crippen molar-refractivity contribution >= 4 is 190 Å². The van der Waals surface area contributed by atoms with Crippen molar-refractivity contribution in [2.45, 2.75) is 38.9 Å². The van der Waals surface area contributed by atoms with Crippen LogP contribution in [-0.2, 0) is 142 Å². The van der Waals surface area contributed by atoms with Crippen LogP contribution in [0, 0.1) is 84.0 Å². The SMILES string of the molecule is [CH-]=CP.[CH-]=CP.[CH-]=CPc1cc2c(ccc3cc(-c4ccc5c(ccc6[nH]c(PC=[CH-])nc65)c4)ccc32)[nH]1.[CH-]=CPc1cc2c(ccc3cc(B4OC(C)(C)C(C)(C)O4)ccc32)[nH]1.[CH-]=CPc1nc2c(ccc3cc(Br)ccc32)[nH]1.[CH3-].[CH3-].[CH3-].[CH3-].[CH3-].[CH3-].[V+2].[V+2].[V+2].[V+2].[V+2].[V+2].[W]. The molecule has 0 saturated carbocycles. The van der Waals surface area contributed by atoms with Crippen molar-refractivity contribution < 1.29 is 142 Å². The maximum atomic E-state index is 6.18. The Morgan fingerprint density at radius 1 is 0.419 bits per heavy atom. The van der Waals surface area contributed by atoms with Crippen LogP contribution in [0.2, 0.25) is 0 Å². The molecule has 8 aromatic carbocycles. The van der Waals surface area contributed by atoms with Gasteiger partial charge >= 0.3 is 118 Å². The van der Waals surface area contributed by atoms with E-state index in [1.54, 1.807) is 23.3 Å². The zero-order valence-corrected chi connectivity index (χ0v) is 72.8. The third kappa shape index (κ3) is 23.5. The molecule has 6 unspecified atom stereocenters. The zero-order valence-electron chi connectivity index (χ0n) is 53.5. The molecule has 12 aromatic rings. The van der Waals surface area contributed by atoms with Crippen LogP contribution in [0.25, 0.3) is 98.1 Å². The summed E-state index contributed by atoms with van der Waals surface area (Å²) in [7, 11) is 5.89. The number of benzene rings is 8. The van der Waals surface area contributed by atoms with Crippen LogP contribution in [0.5, 0.6) is 0 Å². The van der Waals surface area contributed by atoms with Gasteiger partial charge in [0, 0.05) is 69.0 Å². The first-order valence-corrected chi connectivity index (χ1v) is 31.8. The number of rotatable bonds is 10. The normalized spacial score (nSPS) is 11.9. The van der Waals surface area contributed by atoms with Crippen LogP contribution < -0.4 is 27.5 Å². The molecule has 1 aliphatic heterocycles. The van der Waals surface area contributed by atoms with Gasteiger partial charge in [-0.1, -0.05) is 123 Å². The largest absolute Gasteiger partial charge is 2.00 e. The quantitative estimate of drug-likeness (QED) is 0.0622. The Labute approximate surface area is 661 Å². The Bertz CT molecular complexity index is 4210. The molecular formula is C70H76BBrN6O2P6V6W. The molecule has 1 fully saturated rings. The number of fused-ring (bicyclic) bond motifs is 12. The Kier molecular flexibility index (Phi) is 49.6. The topological polar surface area (TPSA) is 107 Å². The van der Waals surface area contributed by atoms with Crippen molar-refractivity contribution in [1.29, 1.82) is 0 Å². The number of aromatic amines is 4. The van der Waals surface area contributed by atoms with Crippen LogP contribution in [0.15, 0.2) is 173 Å². The van der Waals surface area contributed by atoms with Crippen LogP contribution in [-0.4, -0.2) is 48.2 Å². The van der Waals surface area contributed by atoms with Crippen molar-refractivity contribution in [2.75, 3.05) is 0 Å². The van der Waals surface area contributed by atoms with Crippen LogP contribution in [0.1, 0.15) is 27.7 Å².